The van der Waals surface area contributed by atoms with Gasteiger partial charge in [0.15, 0.2) is 0 Å². The zero-order valence-electron chi connectivity index (χ0n) is 16.5. The summed E-state index contributed by atoms with van der Waals surface area (Å²) < 4.78 is 25.5. The number of hydrazine groups is 1. The minimum atomic E-state index is -4.18. The topological polar surface area (TPSA) is 113 Å². The number of nitrogens with one attached hydrogen (secondary N) is 2. The molecule has 1 heterocycles. The van der Waals surface area contributed by atoms with Crippen LogP contribution in [-0.2, 0) is 10.0 Å². The number of thiophene rings is 1. The second-order valence-corrected chi connectivity index (χ2v) is 9.38. The minimum Gasteiger partial charge on any atom is -0.478 e. The molecular formula is C21H20N2O5S2. The summed E-state index contributed by atoms with van der Waals surface area (Å²) >= 11 is 1.19. The first-order chi connectivity index (χ1) is 14.1. The first-order valence-electron chi connectivity index (χ1n) is 8.91. The fourth-order valence-corrected chi connectivity index (χ4v) is 4.89. The average molecular weight is 445 g/mol. The zero-order valence-corrected chi connectivity index (χ0v) is 18.1. The molecule has 7 nitrogen and oxygen atoms in total. The molecule has 2 aromatic carbocycles. The number of carboxylic acids is 1. The number of rotatable bonds is 6. The number of carboxylic acid groups (broad SMARTS) is 1. The normalized spacial score (nSPS) is 11.3. The van der Waals surface area contributed by atoms with E-state index in [9.17, 15) is 23.1 Å². The largest absolute Gasteiger partial charge is 0.478 e. The first kappa shape index (κ1) is 21.7. The lowest BCUT2D eigenvalue weighted by atomic mass is 10.1. The molecule has 0 atom stereocenters. The Hall–Kier alpha value is -3.01. The predicted octanol–water partition coefficient (Wildman–Crippen LogP) is 3.66. The van der Waals surface area contributed by atoms with E-state index < -0.39 is 21.9 Å². The molecule has 3 N–H and O–H groups in total. The van der Waals surface area contributed by atoms with E-state index in [1.807, 2.05) is 31.2 Å². The molecule has 30 heavy (non-hydrogen) atoms. The van der Waals surface area contributed by atoms with Crippen LogP contribution in [0.1, 0.15) is 36.7 Å². The molecule has 0 radical (unpaired) electrons. The zero-order chi connectivity index (χ0) is 22.1. The number of hydrogen-bond donors (Lipinski definition) is 3. The third-order valence-electron chi connectivity index (χ3n) is 4.69. The summed E-state index contributed by atoms with van der Waals surface area (Å²) in [6, 6.07) is 11.9. The van der Waals surface area contributed by atoms with E-state index in [2.05, 4.69) is 10.3 Å². The van der Waals surface area contributed by atoms with Gasteiger partial charge in [0, 0.05) is 5.56 Å². The number of amides is 1. The van der Waals surface area contributed by atoms with E-state index in [0.29, 0.717) is 21.6 Å². The van der Waals surface area contributed by atoms with Crippen molar-refractivity contribution in [3.63, 3.8) is 0 Å². The van der Waals surface area contributed by atoms with E-state index in [0.717, 1.165) is 17.2 Å². The fourth-order valence-electron chi connectivity index (χ4n) is 2.90. The molecule has 1 aromatic heterocycles. The summed E-state index contributed by atoms with van der Waals surface area (Å²) in [6.45, 7) is 5.16. The van der Waals surface area contributed by atoms with Gasteiger partial charge in [-0.2, -0.15) is 0 Å². The van der Waals surface area contributed by atoms with Crippen LogP contribution >= 0.6 is 11.3 Å². The predicted molar refractivity (Wildman–Crippen MR) is 115 cm³/mol. The minimum absolute atomic E-state index is 0.148. The van der Waals surface area contributed by atoms with Crippen molar-refractivity contribution in [2.45, 2.75) is 25.7 Å². The third-order valence-corrected chi connectivity index (χ3v) is 6.98. The van der Waals surface area contributed by atoms with E-state index in [1.165, 1.54) is 17.4 Å². The smallest absolute Gasteiger partial charge is 0.335 e. The van der Waals surface area contributed by atoms with Gasteiger partial charge in [0.05, 0.1) is 10.5 Å². The highest BCUT2D eigenvalue weighted by molar-refractivity contribution is 7.89. The number of carbonyl (C=O) groups is 2. The number of sulfonamides is 1. The van der Waals surface area contributed by atoms with Gasteiger partial charge in [-0.3, -0.25) is 10.2 Å². The molecule has 3 rings (SSSR count). The quantitative estimate of drug-likeness (QED) is 0.502. The van der Waals surface area contributed by atoms with Crippen LogP contribution in [0.15, 0.2) is 52.7 Å². The van der Waals surface area contributed by atoms with Crippen LogP contribution in [-0.4, -0.2) is 25.4 Å². The summed E-state index contributed by atoms with van der Waals surface area (Å²) in [5.74, 6) is -1.84. The van der Waals surface area contributed by atoms with E-state index in [1.54, 1.807) is 25.3 Å². The van der Waals surface area contributed by atoms with Crippen molar-refractivity contribution in [2.75, 3.05) is 0 Å². The fraction of sp³-hybridized carbons (Fsp3) is 0.143. The highest BCUT2D eigenvalue weighted by atomic mass is 32.2. The molecule has 9 heteroatoms. The number of carbonyl (C=O) groups excluding carboxylic acids is 1. The average Bonchev–Trinajstić information content (AvgIpc) is 3.18. The number of aryl methyl sites for hydroxylation is 2. The molecule has 156 valence electrons. The van der Waals surface area contributed by atoms with Crippen molar-refractivity contribution in [1.29, 1.82) is 0 Å². The Balaban J connectivity index is 1.84. The Morgan fingerprint density at radius 1 is 1.00 bits per heavy atom. The molecule has 0 bridgehead atoms. The van der Waals surface area contributed by atoms with Crippen molar-refractivity contribution >= 4 is 33.2 Å². The van der Waals surface area contributed by atoms with Crippen LogP contribution in [0.25, 0.3) is 11.1 Å². The van der Waals surface area contributed by atoms with Gasteiger partial charge in [-0.05, 0) is 61.0 Å². The van der Waals surface area contributed by atoms with Gasteiger partial charge in [0.2, 0.25) is 0 Å². The first-order valence-corrected chi connectivity index (χ1v) is 11.3. The Bertz CT molecular complexity index is 1230. The molecule has 1 amide bonds. The van der Waals surface area contributed by atoms with Crippen molar-refractivity contribution in [3.05, 3.63) is 75.0 Å². The molecule has 0 spiro atoms. The standard InChI is InChI=1S/C21H20N2O5S2/c1-12-4-6-15(7-5-12)17-8-9-29-19(17)20(24)22-23-30(27,28)18-11-16(21(25)26)10-13(2)14(18)3/h4-11,23H,1-3H3,(H,22,24)(H,25,26). The highest BCUT2D eigenvalue weighted by Crippen LogP contribution is 2.28. The lowest BCUT2D eigenvalue weighted by Gasteiger charge is -2.13. The van der Waals surface area contributed by atoms with Gasteiger partial charge >= 0.3 is 5.97 Å². The third kappa shape index (κ3) is 4.43. The van der Waals surface area contributed by atoms with Gasteiger partial charge in [-0.25, -0.2) is 13.2 Å². The summed E-state index contributed by atoms with van der Waals surface area (Å²) in [6.07, 6.45) is 0. The van der Waals surface area contributed by atoms with Crippen LogP contribution in [0, 0.1) is 20.8 Å². The van der Waals surface area contributed by atoms with Gasteiger partial charge in [0.25, 0.3) is 15.9 Å². The van der Waals surface area contributed by atoms with Crippen LogP contribution in [0.2, 0.25) is 0 Å². The van der Waals surface area contributed by atoms with Crippen molar-refractivity contribution in [1.82, 2.24) is 10.3 Å². The van der Waals surface area contributed by atoms with Gasteiger partial charge in [0.1, 0.15) is 4.88 Å². The molecule has 0 fully saturated rings. The van der Waals surface area contributed by atoms with Crippen molar-refractivity contribution in [2.24, 2.45) is 0 Å². The summed E-state index contributed by atoms with van der Waals surface area (Å²) in [5, 5.41) is 11.0. The van der Waals surface area contributed by atoms with E-state index >= 15 is 0 Å². The molecule has 3 aromatic rings. The summed E-state index contributed by atoms with van der Waals surface area (Å²) in [7, 11) is -4.18. The maximum atomic E-state index is 12.7. The summed E-state index contributed by atoms with van der Waals surface area (Å²) in [5.41, 5.74) is 5.61. The van der Waals surface area contributed by atoms with Gasteiger partial charge in [-0.15, -0.1) is 16.2 Å². The maximum absolute atomic E-state index is 12.7. The Morgan fingerprint density at radius 2 is 1.67 bits per heavy atom. The van der Waals surface area contributed by atoms with Crippen LogP contribution in [0.5, 0.6) is 0 Å². The van der Waals surface area contributed by atoms with E-state index in [4.69, 9.17) is 0 Å². The Morgan fingerprint density at radius 3 is 2.30 bits per heavy atom. The Labute approximate surface area is 178 Å². The van der Waals surface area contributed by atoms with Crippen molar-refractivity contribution in [3.8, 4) is 11.1 Å². The highest BCUT2D eigenvalue weighted by Gasteiger charge is 2.23. The molecule has 0 aliphatic carbocycles. The molecule has 0 aliphatic heterocycles. The molecule has 0 aliphatic rings. The molecular weight excluding hydrogens is 424 g/mol. The van der Waals surface area contributed by atoms with Gasteiger partial charge < -0.3 is 5.11 Å². The molecule has 0 unspecified atom stereocenters. The molecule has 0 saturated heterocycles. The maximum Gasteiger partial charge on any atom is 0.335 e. The second kappa shape index (κ2) is 8.39. The second-order valence-electron chi connectivity index (χ2n) is 6.81. The summed E-state index contributed by atoms with van der Waals surface area (Å²) in [4.78, 5) is 26.1. The van der Waals surface area contributed by atoms with Crippen LogP contribution in [0.3, 0.4) is 0 Å². The lowest BCUT2D eigenvalue weighted by Crippen LogP contribution is -2.41. The van der Waals surface area contributed by atoms with E-state index in [-0.39, 0.29) is 10.5 Å². The lowest BCUT2D eigenvalue weighted by molar-refractivity contribution is 0.0696. The number of aromatic carboxylic acids is 1. The number of benzene rings is 2. The van der Waals surface area contributed by atoms with Crippen LogP contribution < -0.4 is 10.3 Å². The monoisotopic (exact) mass is 444 g/mol. The number of hydrogen-bond acceptors (Lipinski definition) is 5. The van der Waals surface area contributed by atoms with Crippen molar-refractivity contribution < 1.29 is 23.1 Å². The van der Waals surface area contributed by atoms with Crippen LogP contribution in [0.4, 0.5) is 0 Å². The van der Waals surface area contributed by atoms with Gasteiger partial charge in [-0.1, -0.05) is 29.8 Å². The SMILES string of the molecule is Cc1ccc(-c2ccsc2C(=O)NNS(=O)(=O)c2cc(C(=O)O)cc(C)c2C)cc1. The Kier molecular flexibility index (Phi) is 6.06. The molecule has 0 saturated carbocycles.